The summed E-state index contributed by atoms with van der Waals surface area (Å²) in [5.41, 5.74) is 0. The molecule has 0 atom stereocenters. The number of hydrogen-bond acceptors (Lipinski definition) is 2. The summed E-state index contributed by atoms with van der Waals surface area (Å²) in [5, 5.41) is 13.9. The van der Waals surface area contributed by atoms with Crippen molar-refractivity contribution < 1.29 is 23.8 Å². The molecule has 0 saturated carbocycles. The fourth-order valence-electron chi connectivity index (χ4n) is 0. The van der Waals surface area contributed by atoms with E-state index in [2.05, 4.69) is 12.6 Å². The molecular weight excluding hydrogens is 166 g/mol. The van der Waals surface area contributed by atoms with E-state index in [1.165, 1.54) is 0 Å². The second-order valence-corrected chi connectivity index (χ2v) is 1.83. The Morgan fingerprint density at radius 2 is 1.70 bits per heavy atom. The molecule has 0 spiro atoms. The van der Waals surface area contributed by atoms with E-state index in [0.29, 0.717) is 0 Å². The molecule has 0 aliphatic heterocycles. The molecule has 0 heterocycles. The van der Waals surface area contributed by atoms with E-state index in [9.17, 15) is 8.78 Å². The maximum Gasteiger partial charge on any atom is 0.503 e. The SMILES string of the molecule is CC(F)(F)CS.O=C(O)O. The van der Waals surface area contributed by atoms with Crippen molar-refractivity contribution >= 4 is 18.8 Å². The van der Waals surface area contributed by atoms with Crippen LogP contribution in [0.1, 0.15) is 6.92 Å². The van der Waals surface area contributed by atoms with Crippen LogP contribution in [0.2, 0.25) is 0 Å². The van der Waals surface area contributed by atoms with Gasteiger partial charge in [0.2, 0.25) is 0 Å². The molecule has 0 fully saturated rings. The normalized spacial score (nSPS) is 9.60. The summed E-state index contributed by atoms with van der Waals surface area (Å²) in [5.74, 6) is -2.96. The van der Waals surface area contributed by atoms with Gasteiger partial charge in [-0.3, -0.25) is 0 Å². The van der Waals surface area contributed by atoms with Crippen LogP contribution >= 0.6 is 12.6 Å². The highest BCUT2D eigenvalue weighted by Gasteiger charge is 2.16. The molecule has 6 heteroatoms. The van der Waals surface area contributed by atoms with Crippen LogP contribution in [0.5, 0.6) is 0 Å². The van der Waals surface area contributed by atoms with Crippen molar-refractivity contribution in [3.05, 3.63) is 0 Å². The third-order valence-corrected chi connectivity index (χ3v) is 0.833. The maximum absolute atomic E-state index is 11.4. The average Bonchev–Trinajstić information content (AvgIpc) is 1.63. The molecule has 0 radical (unpaired) electrons. The first kappa shape index (κ1) is 12.2. The molecule has 0 amide bonds. The Balaban J connectivity index is 0. The van der Waals surface area contributed by atoms with Crippen LogP contribution in [-0.2, 0) is 0 Å². The minimum absolute atomic E-state index is 0.368. The number of carbonyl (C=O) groups is 1. The number of carboxylic acid groups (broad SMARTS) is 2. The Morgan fingerprint density at radius 1 is 1.60 bits per heavy atom. The molecule has 0 aromatic carbocycles. The molecule has 10 heavy (non-hydrogen) atoms. The van der Waals surface area contributed by atoms with Gasteiger partial charge in [0.25, 0.3) is 5.92 Å². The molecule has 0 aromatic heterocycles. The van der Waals surface area contributed by atoms with Gasteiger partial charge >= 0.3 is 6.16 Å². The van der Waals surface area contributed by atoms with Crippen molar-refractivity contribution in [2.75, 3.05) is 5.75 Å². The van der Waals surface area contributed by atoms with Gasteiger partial charge in [0.15, 0.2) is 0 Å². The molecule has 2 N–H and O–H groups in total. The fraction of sp³-hybridized carbons (Fsp3) is 0.750. The van der Waals surface area contributed by atoms with Crippen molar-refractivity contribution in [3.8, 4) is 0 Å². The van der Waals surface area contributed by atoms with Crippen LogP contribution in [0, 0.1) is 0 Å². The summed E-state index contributed by atoms with van der Waals surface area (Å²) in [4.78, 5) is 8.56. The zero-order chi connectivity index (χ0) is 8.78. The predicted octanol–water partition coefficient (Wildman–Crippen LogP) is 1.79. The molecule has 0 aromatic rings. The van der Waals surface area contributed by atoms with E-state index in [4.69, 9.17) is 15.0 Å². The van der Waals surface area contributed by atoms with Gasteiger partial charge in [-0.15, -0.1) is 0 Å². The molecular formula is C4H8F2O3S. The quantitative estimate of drug-likeness (QED) is 0.531. The van der Waals surface area contributed by atoms with Crippen LogP contribution in [-0.4, -0.2) is 28.0 Å². The summed E-state index contributed by atoms with van der Waals surface area (Å²) in [7, 11) is 0. The highest BCUT2D eigenvalue weighted by atomic mass is 32.1. The van der Waals surface area contributed by atoms with Crippen molar-refractivity contribution in [1.29, 1.82) is 0 Å². The predicted molar refractivity (Wildman–Crippen MR) is 35.1 cm³/mol. The topological polar surface area (TPSA) is 57.5 Å². The van der Waals surface area contributed by atoms with E-state index in [1.807, 2.05) is 0 Å². The van der Waals surface area contributed by atoms with Gasteiger partial charge in [0.1, 0.15) is 0 Å². The van der Waals surface area contributed by atoms with Gasteiger partial charge in [-0.2, -0.15) is 12.6 Å². The molecule has 0 aliphatic carbocycles. The number of alkyl halides is 2. The van der Waals surface area contributed by atoms with Crippen LogP contribution in [0.15, 0.2) is 0 Å². The smallest absolute Gasteiger partial charge is 0.450 e. The zero-order valence-corrected chi connectivity index (χ0v) is 6.11. The van der Waals surface area contributed by atoms with Gasteiger partial charge in [0, 0.05) is 6.92 Å². The molecule has 62 valence electrons. The summed E-state index contributed by atoms with van der Waals surface area (Å²) in [6.45, 7) is 0.833. The fourth-order valence-corrected chi connectivity index (χ4v) is 0. The monoisotopic (exact) mass is 174 g/mol. The van der Waals surface area contributed by atoms with Crippen molar-refractivity contribution in [3.63, 3.8) is 0 Å². The summed E-state index contributed by atoms with van der Waals surface area (Å²) < 4.78 is 22.8. The summed E-state index contributed by atoms with van der Waals surface area (Å²) in [6.07, 6.45) is -1.83. The first-order valence-corrected chi connectivity index (χ1v) is 2.83. The molecule has 0 saturated heterocycles. The average molecular weight is 174 g/mol. The number of thiol groups is 1. The van der Waals surface area contributed by atoms with Gasteiger partial charge in [-0.05, 0) is 0 Å². The lowest BCUT2D eigenvalue weighted by atomic mass is 10.5. The third kappa shape index (κ3) is 51.1. The minimum Gasteiger partial charge on any atom is -0.450 e. The van der Waals surface area contributed by atoms with E-state index in [-0.39, 0.29) is 5.75 Å². The first-order valence-electron chi connectivity index (χ1n) is 2.20. The first-order chi connectivity index (χ1) is 4.29. The van der Waals surface area contributed by atoms with Crippen LogP contribution in [0.4, 0.5) is 13.6 Å². The van der Waals surface area contributed by atoms with Gasteiger partial charge < -0.3 is 10.2 Å². The lowest BCUT2D eigenvalue weighted by molar-refractivity contribution is 0.0496. The van der Waals surface area contributed by atoms with E-state index >= 15 is 0 Å². The van der Waals surface area contributed by atoms with E-state index < -0.39 is 12.1 Å². The number of rotatable bonds is 1. The van der Waals surface area contributed by atoms with Crippen molar-refractivity contribution in [1.82, 2.24) is 0 Å². The van der Waals surface area contributed by atoms with E-state index in [1.54, 1.807) is 0 Å². The number of halogens is 2. The Kier molecular flexibility index (Phi) is 6.43. The molecule has 3 nitrogen and oxygen atoms in total. The van der Waals surface area contributed by atoms with E-state index in [0.717, 1.165) is 6.92 Å². The van der Waals surface area contributed by atoms with Crippen LogP contribution < -0.4 is 0 Å². The Morgan fingerprint density at radius 3 is 1.70 bits per heavy atom. The Labute approximate surface area is 62.1 Å². The third-order valence-electron chi connectivity index (χ3n) is 0.278. The standard InChI is InChI=1S/C3H6F2S.CH2O3/c1-3(4,5)2-6;2-1(3)4/h6H,2H2,1H3;(H2,2,3,4). The highest BCUT2D eigenvalue weighted by Crippen LogP contribution is 2.11. The highest BCUT2D eigenvalue weighted by molar-refractivity contribution is 7.80. The van der Waals surface area contributed by atoms with Gasteiger partial charge in [0.05, 0.1) is 5.75 Å². The van der Waals surface area contributed by atoms with Crippen LogP contribution in [0.25, 0.3) is 0 Å². The summed E-state index contributed by atoms with van der Waals surface area (Å²) >= 11 is 3.35. The zero-order valence-electron chi connectivity index (χ0n) is 5.21. The largest absolute Gasteiger partial charge is 0.503 e. The van der Waals surface area contributed by atoms with Crippen LogP contribution in [0.3, 0.4) is 0 Å². The lowest BCUT2D eigenvalue weighted by Crippen LogP contribution is -2.10. The molecule has 0 rings (SSSR count). The molecule has 0 unspecified atom stereocenters. The molecule has 0 aliphatic rings. The second-order valence-electron chi connectivity index (χ2n) is 1.51. The molecule has 0 bridgehead atoms. The lowest BCUT2D eigenvalue weighted by Gasteiger charge is -2.01. The maximum atomic E-state index is 11.4. The van der Waals surface area contributed by atoms with Crippen molar-refractivity contribution in [2.24, 2.45) is 0 Å². The number of hydrogen-bond donors (Lipinski definition) is 3. The Hall–Kier alpha value is -0.520. The second kappa shape index (κ2) is 5.28. The summed E-state index contributed by atoms with van der Waals surface area (Å²) in [6, 6.07) is 0. The van der Waals surface area contributed by atoms with Gasteiger partial charge in [-0.25, -0.2) is 13.6 Å². The van der Waals surface area contributed by atoms with Gasteiger partial charge in [-0.1, -0.05) is 0 Å². The minimum atomic E-state index is -2.59. The Bertz CT molecular complexity index is 97.2. The van der Waals surface area contributed by atoms with Crippen molar-refractivity contribution in [2.45, 2.75) is 12.8 Å².